The van der Waals surface area contributed by atoms with Crippen molar-refractivity contribution in [1.29, 1.82) is 0 Å². The molecule has 1 unspecified atom stereocenters. The molecule has 1 nitrogen and oxygen atoms in total. The Labute approximate surface area is 152 Å². The fraction of sp³-hybridized carbons (Fsp3) is 0.182. The van der Waals surface area contributed by atoms with Crippen LogP contribution in [0.1, 0.15) is 29.7 Å². The molecule has 0 amide bonds. The minimum absolute atomic E-state index is 0.206. The van der Waals surface area contributed by atoms with Crippen molar-refractivity contribution in [3.63, 3.8) is 0 Å². The Morgan fingerprint density at radius 2 is 1.25 bits per heavy atom. The highest BCUT2D eigenvalue weighted by Crippen LogP contribution is 2.23. The van der Waals surface area contributed by atoms with Gasteiger partial charge in [-0.05, 0) is 42.2 Å². The minimum atomic E-state index is 0.206. The van der Waals surface area contributed by atoms with Gasteiger partial charge in [0.1, 0.15) is 0 Å². The molecule has 3 rings (SSSR count). The molecule has 3 aromatic rings. The van der Waals surface area contributed by atoms with E-state index in [9.17, 15) is 0 Å². The lowest BCUT2D eigenvalue weighted by atomic mass is 9.97. The van der Waals surface area contributed by atoms with Gasteiger partial charge >= 0.3 is 0 Å². The first-order valence-electron chi connectivity index (χ1n) is 8.33. The molecule has 0 aromatic heterocycles. The van der Waals surface area contributed by atoms with E-state index in [1.807, 2.05) is 0 Å². The fourth-order valence-corrected chi connectivity index (χ4v) is 3.26. The summed E-state index contributed by atoms with van der Waals surface area (Å²) in [6, 6.07) is 30.5. The Balaban J connectivity index is 1.77. The second kappa shape index (κ2) is 8.27. The van der Waals surface area contributed by atoms with Crippen molar-refractivity contribution in [2.24, 2.45) is 0 Å². The zero-order valence-corrected chi connectivity index (χ0v) is 15.4. The number of nitrogens with one attached hydrogen (secondary N) is 1. The molecule has 0 aliphatic carbocycles. The number of hydrogen-bond acceptors (Lipinski definition) is 1. The first-order chi connectivity index (χ1) is 11.7. The van der Waals surface area contributed by atoms with Gasteiger partial charge in [0.2, 0.25) is 0 Å². The van der Waals surface area contributed by atoms with Crippen LogP contribution >= 0.6 is 15.9 Å². The number of benzene rings is 3. The van der Waals surface area contributed by atoms with Gasteiger partial charge in [-0.3, -0.25) is 0 Å². The van der Waals surface area contributed by atoms with Gasteiger partial charge in [0.15, 0.2) is 0 Å². The molecular formula is C22H22BrN. The maximum atomic E-state index is 3.80. The standard InChI is InChI=1S/C22H22BrN/c1-17(16-18-12-14-21(23)15-13-18)24-22(19-8-4-2-5-9-19)20-10-6-3-7-11-20/h2-15,17,22,24H,16H2,1H3. The van der Waals surface area contributed by atoms with Crippen molar-refractivity contribution in [2.75, 3.05) is 0 Å². The van der Waals surface area contributed by atoms with Crippen LogP contribution in [0, 0.1) is 0 Å². The molecule has 0 bridgehead atoms. The lowest BCUT2D eigenvalue weighted by molar-refractivity contribution is 0.496. The molecule has 2 heteroatoms. The lowest BCUT2D eigenvalue weighted by Gasteiger charge is -2.24. The molecular weight excluding hydrogens is 358 g/mol. The maximum absolute atomic E-state index is 3.80. The van der Waals surface area contributed by atoms with Crippen molar-refractivity contribution in [3.05, 3.63) is 106 Å². The fourth-order valence-electron chi connectivity index (χ4n) is 2.99. The quantitative estimate of drug-likeness (QED) is 0.573. The van der Waals surface area contributed by atoms with Gasteiger partial charge in [0.05, 0.1) is 6.04 Å². The summed E-state index contributed by atoms with van der Waals surface area (Å²) < 4.78 is 1.12. The average molecular weight is 380 g/mol. The summed E-state index contributed by atoms with van der Waals surface area (Å²) in [7, 11) is 0. The van der Waals surface area contributed by atoms with E-state index in [0.717, 1.165) is 10.9 Å². The van der Waals surface area contributed by atoms with Crippen LogP contribution in [0.25, 0.3) is 0 Å². The Morgan fingerprint density at radius 3 is 1.75 bits per heavy atom. The van der Waals surface area contributed by atoms with E-state index in [1.165, 1.54) is 16.7 Å². The monoisotopic (exact) mass is 379 g/mol. The van der Waals surface area contributed by atoms with Gasteiger partial charge < -0.3 is 5.32 Å². The van der Waals surface area contributed by atoms with Crippen molar-refractivity contribution in [1.82, 2.24) is 5.32 Å². The third-order valence-electron chi connectivity index (χ3n) is 4.17. The van der Waals surface area contributed by atoms with Crippen LogP contribution in [-0.2, 0) is 6.42 Å². The summed E-state index contributed by atoms with van der Waals surface area (Å²) in [6.07, 6.45) is 1.00. The Morgan fingerprint density at radius 1 is 0.750 bits per heavy atom. The highest BCUT2D eigenvalue weighted by Gasteiger charge is 2.16. The largest absolute Gasteiger partial charge is 0.303 e. The SMILES string of the molecule is CC(Cc1ccc(Br)cc1)NC(c1ccccc1)c1ccccc1. The molecule has 3 aromatic carbocycles. The van der Waals surface area contributed by atoms with Crippen LogP contribution in [0.2, 0.25) is 0 Å². The molecule has 24 heavy (non-hydrogen) atoms. The van der Waals surface area contributed by atoms with E-state index < -0.39 is 0 Å². The lowest BCUT2D eigenvalue weighted by Crippen LogP contribution is -2.32. The van der Waals surface area contributed by atoms with E-state index >= 15 is 0 Å². The van der Waals surface area contributed by atoms with Crippen LogP contribution in [0.5, 0.6) is 0 Å². The zero-order valence-electron chi connectivity index (χ0n) is 13.8. The molecule has 0 heterocycles. The Kier molecular flexibility index (Phi) is 5.84. The van der Waals surface area contributed by atoms with E-state index in [-0.39, 0.29) is 6.04 Å². The Hall–Kier alpha value is -1.90. The molecule has 0 aliphatic heterocycles. The summed E-state index contributed by atoms with van der Waals surface area (Å²) in [6.45, 7) is 2.25. The predicted octanol–water partition coefficient (Wildman–Crippen LogP) is 5.76. The van der Waals surface area contributed by atoms with Gasteiger partial charge in [0.25, 0.3) is 0 Å². The molecule has 0 saturated heterocycles. The summed E-state index contributed by atoms with van der Waals surface area (Å²) >= 11 is 3.50. The number of rotatable bonds is 6. The summed E-state index contributed by atoms with van der Waals surface area (Å²) in [5.74, 6) is 0. The first-order valence-corrected chi connectivity index (χ1v) is 9.12. The normalized spacial score (nSPS) is 12.3. The third kappa shape index (κ3) is 4.56. The average Bonchev–Trinajstić information content (AvgIpc) is 2.63. The highest BCUT2D eigenvalue weighted by atomic mass is 79.9. The van der Waals surface area contributed by atoms with Crippen LogP contribution in [0.15, 0.2) is 89.4 Å². The predicted molar refractivity (Wildman–Crippen MR) is 105 cm³/mol. The molecule has 1 atom stereocenters. The van der Waals surface area contributed by atoms with Gasteiger partial charge in [-0.15, -0.1) is 0 Å². The summed E-state index contributed by atoms with van der Waals surface area (Å²) in [5.41, 5.74) is 3.94. The van der Waals surface area contributed by atoms with Gasteiger partial charge in [-0.25, -0.2) is 0 Å². The van der Waals surface area contributed by atoms with Gasteiger partial charge in [0, 0.05) is 10.5 Å². The van der Waals surface area contributed by atoms with E-state index in [4.69, 9.17) is 0 Å². The molecule has 0 saturated carbocycles. The number of hydrogen-bond donors (Lipinski definition) is 1. The highest BCUT2D eigenvalue weighted by molar-refractivity contribution is 9.10. The molecule has 0 spiro atoms. The van der Waals surface area contributed by atoms with Crippen molar-refractivity contribution < 1.29 is 0 Å². The minimum Gasteiger partial charge on any atom is -0.303 e. The molecule has 0 aliphatic rings. The van der Waals surface area contributed by atoms with E-state index in [2.05, 4.69) is 113 Å². The second-order valence-electron chi connectivity index (χ2n) is 6.15. The van der Waals surface area contributed by atoms with Crippen LogP contribution in [0.3, 0.4) is 0 Å². The third-order valence-corrected chi connectivity index (χ3v) is 4.70. The first kappa shape index (κ1) is 16.9. The summed E-state index contributed by atoms with van der Waals surface area (Å²) in [5, 5.41) is 3.80. The van der Waals surface area contributed by atoms with Crippen LogP contribution in [0.4, 0.5) is 0 Å². The molecule has 0 radical (unpaired) electrons. The van der Waals surface area contributed by atoms with Crippen LogP contribution in [-0.4, -0.2) is 6.04 Å². The topological polar surface area (TPSA) is 12.0 Å². The Bertz CT molecular complexity index is 698. The van der Waals surface area contributed by atoms with E-state index in [0.29, 0.717) is 6.04 Å². The van der Waals surface area contributed by atoms with Gasteiger partial charge in [-0.1, -0.05) is 88.7 Å². The van der Waals surface area contributed by atoms with E-state index in [1.54, 1.807) is 0 Å². The smallest absolute Gasteiger partial charge is 0.0578 e. The van der Waals surface area contributed by atoms with Crippen LogP contribution < -0.4 is 5.32 Å². The molecule has 0 fully saturated rings. The van der Waals surface area contributed by atoms with Crippen molar-refractivity contribution in [3.8, 4) is 0 Å². The summed E-state index contributed by atoms with van der Waals surface area (Å²) in [4.78, 5) is 0. The second-order valence-corrected chi connectivity index (χ2v) is 7.07. The van der Waals surface area contributed by atoms with Gasteiger partial charge in [-0.2, -0.15) is 0 Å². The zero-order chi connectivity index (χ0) is 16.8. The number of halogens is 1. The molecule has 1 N–H and O–H groups in total. The maximum Gasteiger partial charge on any atom is 0.0578 e. The van der Waals surface area contributed by atoms with Crippen molar-refractivity contribution in [2.45, 2.75) is 25.4 Å². The molecule has 122 valence electrons. The van der Waals surface area contributed by atoms with Crippen molar-refractivity contribution >= 4 is 15.9 Å².